The van der Waals surface area contributed by atoms with Gasteiger partial charge in [0.1, 0.15) is 17.5 Å². The van der Waals surface area contributed by atoms with E-state index in [9.17, 15) is 0 Å². The third kappa shape index (κ3) is 1.85. The van der Waals surface area contributed by atoms with Gasteiger partial charge in [0.2, 0.25) is 0 Å². The Hall–Kier alpha value is -1.58. The summed E-state index contributed by atoms with van der Waals surface area (Å²) in [6, 6.07) is 7.77. The second-order valence-corrected chi connectivity index (χ2v) is 4.71. The molecular weight excluding hydrogens is 228 g/mol. The number of rotatable bonds is 2. The van der Waals surface area contributed by atoms with E-state index in [-0.39, 0.29) is 18.0 Å². The molecule has 3 rings (SSSR count). The van der Waals surface area contributed by atoms with Gasteiger partial charge in [-0.25, -0.2) is 0 Å². The minimum Gasteiger partial charge on any atom is -0.497 e. The maximum atomic E-state index is 6.01. The van der Waals surface area contributed by atoms with Crippen molar-refractivity contribution in [2.45, 2.75) is 24.9 Å². The lowest BCUT2D eigenvalue weighted by Gasteiger charge is -2.24. The van der Waals surface area contributed by atoms with Crippen molar-refractivity contribution < 1.29 is 14.2 Å². The fourth-order valence-electron chi connectivity index (χ4n) is 2.28. The van der Waals surface area contributed by atoms with Crippen molar-refractivity contribution >= 4 is 0 Å². The average molecular weight is 244 g/mol. The second kappa shape index (κ2) is 4.26. The lowest BCUT2D eigenvalue weighted by atomic mass is 9.95. The molecule has 1 aliphatic carbocycles. The van der Waals surface area contributed by atoms with E-state index in [0.29, 0.717) is 0 Å². The Balaban J connectivity index is 1.82. The van der Waals surface area contributed by atoms with Crippen LogP contribution in [0, 0.1) is 0 Å². The van der Waals surface area contributed by atoms with Gasteiger partial charge in [-0.1, -0.05) is 36.4 Å². The summed E-state index contributed by atoms with van der Waals surface area (Å²) < 4.78 is 17.1. The van der Waals surface area contributed by atoms with Crippen LogP contribution in [0.4, 0.5) is 0 Å². The average Bonchev–Trinajstić information content (AvgIpc) is 2.76. The Labute approximate surface area is 107 Å². The molecule has 1 heterocycles. The molecular formula is C15H16O3. The number of ether oxygens (including phenoxy) is 3. The van der Waals surface area contributed by atoms with E-state index in [1.165, 1.54) is 0 Å². The first-order chi connectivity index (χ1) is 8.71. The van der Waals surface area contributed by atoms with Gasteiger partial charge in [-0.15, -0.1) is 0 Å². The molecule has 0 N–H and O–H groups in total. The molecule has 0 amide bonds. The van der Waals surface area contributed by atoms with E-state index in [1.807, 2.05) is 55.5 Å². The summed E-state index contributed by atoms with van der Waals surface area (Å²) in [5.41, 5.74) is 0.646. The van der Waals surface area contributed by atoms with E-state index >= 15 is 0 Å². The monoisotopic (exact) mass is 244 g/mol. The third-order valence-electron chi connectivity index (χ3n) is 3.41. The quantitative estimate of drug-likeness (QED) is 0.800. The molecule has 3 nitrogen and oxygen atoms in total. The van der Waals surface area contributed by atoms with Gasteiger partial charge >= 0.3 is 0 Å². The van der Waals surface area contributed by atoms with Crippen LogP contribution in [0.2, 0.25) is 0 Å². The number of hydrogen-bond acceptors (Lipinski definition) is 3. The van der Waals surface area contributed by atoms with Crippen LogP contribution < -0.4 is 4.74 Å². The van der Waals surface area contributed by atoms with Crippen LogP contribution in [-0.4, -0.2) is 18.8 Å². The molecule has 2 aliphatic rings. The van der Waals surface area contributed by atoms with Gasteiger partial charge in [-0.05, 0) is 19.1 Å². The molecule has 3 heteroatoms. The zero-order valence-corrected chi connectivity index (χ0v) is 10.5. The summed E-state index contributed by atoms with van der Waals surface area (Å²) in [5, 5.41) is 0. The highest BCUT2D eigenvalue weighted by atomic mass is 16.7. The molecule has 94 valence electrons. The van der Waals surface area contributed by atoms with Crippen molar-refractivity contribution in [1.29, 1.82) is 0 Å². The van der Waals surface area contributed by atoms with Crippen LogP contribution in [-0.2, 0) is 9.47 Å². The molecule has 0 bridgehead atoms. The van der Waals surface area contributed by atoms with Crippen molar-refractivity contribution in [3.63, 3.8) is 0 Å². The summed E-state index contributed by atoms with van der Waals surface area (Å²) in [6.07, 6.45) is 7.72. The number of hydrogen-bond donors (Lipinski definition) is 0. The Morgan fingerprint density at radius 2 is 1.94 bits per heavy atom. The Morgan fingerprint density at radius 1 is 1.17 bits per heavy atom. The molecule has 1 aromatic rings. The molecule has 3 unspecified atom stereocenters. The van der Waals surface area contributed by atoms with Gasteiger partial charge in [0.15, 0.2) is 6.29 Å². The Morgan fingerprint density at radius 3 is 2.61 bits per heavy atom. The van der Waals surface area contributed by atoms with Crippen molar-refractivity contribution in [3.8, 4) is 5.75 Å². The van der Waals surface area contributed by atoms with Crippen LogP contribution >= 0.6 is 0 Å². The normalized spacial score (nSPS) is 33.4. The lowest BCUT2D eigenvalue weighted by Crippen LogP contribution is -2.33. The molecule has 0 radical (unpaired) electrons. The third-order valence-corrected chi connectivity index (χ3v) is 3.41. The van der Waals surface area contributed by atoms with Gasteiger partial charge < -0.3 is 14.2 Å². The van der Waals surface area contributed by atoms with Gasteiger partial charge in [0.25, 0.3) is 0 Å². The highest BCUT2D eigenvalue weighted by Crippen LogP contribution is 2.41. The van der Waals surface area contributed by atoms with Crippen molar-refractivity contribution in [3.05, 3.63) is 54.1 Å². The van der Waals surface area contributed by atoms with E-state index in [1.54, 1.807) is 7.11 Å². The summed E-state index contributed by atoms with van der Waals surface area (Å²) in [7, 11) is 1.66. The summed E-state index contributed by atoms with van der Waals surface area (Å²) in [4.78, 5) is 0. The predicted octanol–water partition coefficient (Wildman–Crippen LogP) is 2.99. The smallest absolute Gasteiger partial charge is 0.185 e. The zero-order chi connectivity index (χ0) is 12.6. The standard InChI is InChI=1S/C15H16O3/c1-15-10-4-3-5-13(15)17-14(18-15)11-6-8-12(16-2)9-7-11/h3-10,13-14H,1-2H3. The van der Waals surface area contributed by atoms with Crippen molar-refractivity contribution in [2.75, 3.05) is 7.11 Å². The highest BCUT2D eigenvalue weighted by Gasteiger charge is 2.44. The van der Waals surface area contributed by atoms with E-state index in [0.717, 1.165) is 11.3 Å². The molecule has 1 aliphatic heterocycles. The van der Waals surface area contributed by atoms with Crippen molar-refractivity contribution in [1.82, 2.24) is 0 Å². The molecule has 1 saturated heterocycles. The Kier molecular flexibility index (Phi) is 2.73. The van der Waals surface area contributed by atoms with Crippen LogP contribution in [0.1, 0.15) is 18.8 Å². The van der Waals surface area contributed by atoms with Crippen LogP contribution in [0.15, 0.2) is 48.6 Å². The maximum Gasteiger partial charge on any atom is 0.185 e. The van der Waals surface area contributed by atoms with Gasteiger partial charge in [0, 0.05) is 5.56 Å². The molecule has 0 saturated carbocycles. The van der Waals surface area contributed by atoms with Crippen LogP contribution in [0.25, 0.3) is 0 Å². The fourth-order valence-corrected chi connectivity index (χ4v) is 2.28. The van der Waals surface area contributed by atoms with Gasteiger partial charge in [-0.2, -0.15) is 0 Å². The largest absolute Gasteiger partial charge is 0.497 e. The first-order valence-corrected chi connectivity index (χ1v) is 6.04. The fraction of sp³-hybridized carbons (Fsp3) is 0.333. The molecule has 18 heavy (non-hydrogen) atoms. The highest BCUT2D eigenvalue weighted by molar-refractivity contribution is 5.30. The van der Waals surface area contributed by atoms with Crippen LogP contribution in [0.3, 0.4) is 0 Å². The van der Waals surface area contributed by atoms with Crippen molar-refractivity contribution in [2.24, 2.45) is 0 Å². The number of benzene rings is 1. The first kappa shape index (κ1) is 11.5. The number of methoxy groups -OCH3 is 1. The molecule has 3 atom stereocenters. The second-order valence-electron chi connectivity index (χ2n) is 4.71. The van der Waals surface area contributed by atoms with E-state index in [4.69, 9.17) is 14.2 Å². The Bertz CT molecular complexity index is 489. The molecule has 1 aromatic carbocycles. The van der Waals surface area contributed by atoms with Crippen LogP contribution in [0.5, 0.6) is 5.75 Å². The van der Waals surface area contributed by atoms with E-state index < -0.39 is 0 Å². The lowest BCUT2D eigenvalue weighted by molar-refractivity contribution is -0.0757. The van der Waals surface area contributed by atoms with Gasteiger partial charge in [-0.3, -0.25) is 0 Å². The number of allylic oxidation sites excluding steroid dienone is 2. The zero-order valence-electron chi connectivity index (χ0n) is 10.5. The summed E-state index contributed by atoms with van der Waals surface area (Å²) in [5.74, 6) is 0.833. The topological polar surface area (TPSA) is 27.7 Å². The maximum absolute atomic E-state index is 6.01. The summed E-state index contributed by atoms with van der Waals surface area (Å²) >= 11 is 0. The van der Waals surface area contributed by atoms with Gasteiger partial charge in [0.05, 0.1) is 7.11 Å². The van der Waals surface area contributed by atoms with E-state index in [2.05, 4.69) is 0 Å². The minimum atomic E-state index is -0.362. The first-order valence-electron chi connectivity index (χ1n) is 6.04. The molecule has 1 fully saturated rings. The minimum absolute atomic E-state index is 0.0189. The molecule has 0 aromatic heterocycles. The number of fused-ring (bicyclic) bond motifs is 1. The molecule has 0 spiro atoms. The predicted molar refractivity (Wildman–Crippen MR) is 68.4 cm³/mol. The SMILES string of the molecule is COc1ccc(C2OC3C=CC=CC3(C)O2)cc1. The summed E-state index contributed by atoms with van der Waals surface area (Å²) in [6.45, 7) is 2.04.